The van der Waals surface area contributed by atoms with Crippen molar-refractivity contribution in [2.75, 3.05) is 27.7 Å². The summed E-state index contributed by atoms with van der Waals surface area (Å²) < 4.78 is 26.7. The molecule has 0 aromatic heterocycles. The zero-order valence-electron chi connectivity index (χ0n) is 12.0. The number of benzene rings is 1. The first kappa shape index (κ1) is 16.1. The molecule has 0 saturated heterocycles. The molecule has 1 aromatic carbocycles. The first-order valence-corrected chi connectivity index (χ1v) is 7.74. The average Bonchev–Trinajstić information content (AvgIpc) is 2.36. The number of nitrogens with one attached hydrogen (secondary N) is 2. The van der Waals surface area contributed by atoms with Crippen molar-refractivity contribution in [1.82, 2.24) is 14.9 Å². The van der Waals surface area contributed by atoms with Crippen molar-refractivity contribution in [2.45, 2.75) is 24.4 Å². The molecule has 0 aliphatic rings. The van der Waals surface area contributed by atoms with E-state index in [1.807, 2.05) is 38.1 Å². The van der Waals surface area contributed by atoms with Crippen LogP contribution in [0.25, 0.3) is 0 Å². The van der Waals surface area contributed by atoms with E-state index in [0.29, 0.717) is 11.4 Å². The molecule has 1 atom stereocenters. The molecule has 19 heavy (non-hydrogen) atoms. The number of sulfonamides is 1. The summed E-state index contributed by atoms with van der Waals surface area (Å²) in [5, 5.41) is 2.99. The highest BCUT2D eigenvalue weighted by atomic mass is 32.2. The van der Waals surface area contributed by atoms with Gasteiger partial charge in [-0.3, -0.25) is 0 Å². The van der Waals surface area contributed by atoms with Crippen LogP contribution >= 0.6 is 0 Å². The van der Waals surface area contributed by atoms with Crippen molar-refractivity contribution in [1.29, 1.82) is 0 Å². The quantitative estimate of drug-likeness (QED) is 0.771. The highest BCUT2D eigenvalue weighted by molar-refractivity contribution is 7.89. The van der Waals surface area contributed by atoms with Gasteiger partial charge in [-0.1, -0.05) is 12.1 Å². The lowest BCUT2D eigenvalue weighted by atomic mass is 10.2. The van der Waals surface area contributed by atoms with E-state index in [4.69, 9.17) is 0 Å². The molecule has 0 aliphatic heterocycles. The fourth-order valence-electron chi connectivity index (χ4n) is 1.56. The van der Waals surface area contributed by atoms with Crippen LogP contribution in [0.3, 0.4) is 0 Å². The van der Waals surface area contributed by atoms with Gasteiger partial charge in [-0.2, -0.15) is 0 Å². The fraction of sp³-hybridized carbons (Fsp3) is 0.538. The molecule has 5 nitrogen and oxygen atoms in total. The van der Waals surface area contributed by atoms with Gasteiger partial charge in [0.25, 0.3) is 0 Å². The second-order valence-electron chi connectivity index (χ2n) is 4.92. The number of rotatable bonds is 7. The predicted octanol–water partition coefficient (Wildman–Crippen LogP) is 0.634. The summed E-state index contributed by atoms with van der Waals surface area (Å²) in [6.45, 7) is 3.09. The Hall–Kier alpha value is -0.950. The molecule has 0 radical (unpaired) electrons. The van der Waals surface area contributed by atoms with E-state index in [-0.39, 0.29) is 6.04 Å². The van der Waals surface area contributed by atoms with Crippen LogP contribution in [0.5, 0.6) is 0 Å². The molecule has 0 amide bonds. The summed E-state index contributed by atoms with van der Waals surface area (Å²) in [5.74, 6) is 0. The first-order chi connectivity index (χ1) is 8.85. The first-order valence-electron chi connectivity index (χ1n) is 6.25. The Morgan fingerprint density at radius 1 is 1.21 bits per heavy atom. The molecule has 0 fully saturated rings. The highest BCUT2D eigenvalue weighted by Gasteiger charge is 2.14. The Morgan fingerprint density at radius 3 is 2.26 bits per heavy atom. The minimum absolute atomic E-state index is 0.0998. The zero-order chi connectivity index (χ0) is 14.5. The molecule has 0 bridgehead atoms. The van der Waals surface area contributed by atoms with Crippen LogP contribution in [0.4, 0.5) is 0 Å². The molecule has 1 unspecified atom stereocenters. The van der Waals surface area contributed by atoms with Crippen molar-refractivity contribution < 1.29 is 8.42 Å². The maximum Gasteiger partial charge on any atom is 0.240 e. The molecule has 0 spiro atoms. The van der Waals surface area contributed by atoms with Gasteiger partial charge in [0.1, 0.15) is 0 Å². The van der Waals surface area contributed by atoms with Crippen LogP contribution in [0, 0.1) is 0 Å². The molecule has 0 heterocycles. The van der Waals surface area contributed by atoms with Gasteiger partial charge >= 0.3 is 0 Å². The number of likely N-dealkylation sites (N-methyl/N-ethyl adjacent to an activating group) is 1. The maximum atomic E-state index is 12.0. The summed E-state index contributed by atoms with van der Waals surface area (Å²) in [6, 6.07) is 7.07. The van der Waals surface area contributed by atoms with Crippen LogP contribution < -0.4 is 10.0 Å². The zero-order valence-corrected chi connectivity index (χ0v) is 12.8. The van der Waals surface area contributed by atoms with Crippen molar-refractivity contribution in [3.63, 3.8) is 0 Å². The molecular weight excluding hydrogens is 262 g/mol. The summed E-state index contributed by atoms with van der Waals surface area (Å²) in [7, 11) is 2.34. The van der Waals surface area contributed by atoms with Gasteiger partial charge in [0.05, 0.1) is 4.90 Å². The second kappa shape index (κ2) is 7.00. The van der Waals surface area contributed by atoms with Crippen molar-refractivity contribution in [3.8, 4) is 0 Å². The fourth-order valence-corrected chi connectivity index (χ4v) is 2.69. The molecule has 1 rings (SSSR count). The van der Waals surface area contributed by atoms with E-state index in [1.165, 1.54) is 0 Å². The van der Waals surface area contributed by atoms with E-state index in [0.717, 1.165) is 12.1 Å². The third kappa shape index (κ3) is 5.28. The monoisotopic (exact) mass is 285 g/mol. The molecule has 2 N–H and O–H groups in total. The molecule has 6 heteroatoms. The Balaban J connectivity index is 2.73. The van der Waals surface area contributed by atoms with Crippen LogP contribution in [0.15, 0.2) is 29.2 Å². The molecule has 0 aliphatic carbocycles. The Kier molecular flexibility index (Phi) is 5.93. The third-order valence-electron chi connectivity index (χ3n) is 2.80. The second-order valence-corrected chi connectivity index (χ2v) is 6.69. The summed E-state index contributed by atoms with van der Waals surface area (Å²) in [6.07, 6.45) is 0. The largest absolute Gasteiger partial charge is 0.316 e. The van der Waals surface area contributed by atoms with Crippen molar-refractivity contribution >= 4 is 10.0 Å². The number of hydrogen-bond donors (Lipinski definition) is 2. The van der Waals surface area contributed by atoms with Gasteiger partial charge in [-0.05, 0) is 45.8 Å². The van der Waals surface area contributed by atoms with E-state index < -0.39 is 10.0 Å². The standard InChI is InChI=1S/C13H23N3O2S/c1-11(14-2)9-15-19(17,18)13-7-5-12(6-8-13)10-16(3)4/h5-8,11,14-15H,9-10H2,1-4H3. The van der Waals surface area contributed by atoms with Crippen LogP contribution in [0.1, 0.15) is 12.5 Å². The van der Waals surface area contributed by atoms with Gasteiger partial charge in [0.2, 0.25) is 10.0 Å². The lowest BCUT2D eigenvalue weighted by Crippen LogP contribution is -2.37. The normalized spacial score (nSPS) is 13.7. The lowest BCUT2D eigenvalue weighted by Gasteiger charge is -2.13. The van der Waals surface area contributed by atoms with Crippen molar-refractivity contribution in [2.24, 2.45) is 0 Å². The van der Waals surface area contributed by atoms with Crippen LogP contribution in [-0.2, 0) is 16.6 Å². The van der Waals surface area contributed by atoms with Gasteiger partial charge < -0.3 is 10.2 Å². The number of nitrogens with zero attached hydrogens (tertiary/aromatic N) is 1. The maximum absolute atomic E-state index is 12.0. The van der Waals surface area contributed by atoms with E-state index in [9.17, 15) is 8.42 Å². The van der Waals surface area contributed by atoms with Crippen molar-refractivity contribution in [3.05, 3.63) is 29.8 Å². The Labute approximate surface area is 116 Å². The van der Waals surface area contributed by atoms with Gasteiger partial charge in [-0.25, -0.2) is 13.1 Å². The summed E-state index contributed by atoms with van der Waals surface area (Å²) in [4.78, 5) is 2.34. The van der Waals surface area contributed by atoms with Crippen LogP contribution in [0.2, 0.25) is 0 Å². The van der Waals surface area contributed by atoms with E-state index in [2.05, 4.69) is 10.0 Å². The Bertz CT molecular complexity index is 483. The number of hydrogen-bond acceptors (Lipinski definition) is 4. The molecular formula is C13H23N3O2S. The highest BCUT2D eigenvalue weighted by Crippen LogP contribution is 2.11. The topological polar surface area (TPSA) is 61.4 Å². The third-order valence-corrected chi connectivity index (χ3v) is 4.24. The van der Waals surface area contributed by atoms with Gasteiger partial charge in [-0.15, -0.1) is 0 Å². The predicted molar refractivity (Wildman–Crippen MR) is 77.5 cm³/mol. The molecule has 108 valence electrons. The molecule has 0 saturated carbocycles. The Morgan fingerprint density at radius 2 is 1.79 bits per heavy atom. The van der Waals surface area contributed by atoms with Crippen LogP contribution in [-0.4, -0.2) is 47.0 Å². The minimum atomic E-state index is -3.41. The lowest BCUT2D eigenvalue weighted by molar-refractivity contribution is 0.402. The minimum Gasteiger partial charge on any atom is -0.316 e. The summed E-state index contributed by atoms with van der Waals surface area (Å²) in [5.41, 5.74) is 1.09. The smallest absolute Gasteiger partial charge is 0.240 e. The van der Waals surface area contributed by atoms with E-state index in [1.54, 1.807) is 19.2 Å². The SMILES string of the molecule is CNC(C)CNS(=O)(=O)c1ccc(CN(C)C)cc1. The van der Waals surface area contributed by atoms with Gasteiger partial charge in [0.15, 0.2) is 0 Å². The van der Waals surface area contributed by atoms with Gasteiger partial charge in [0, 0.05) is 19.1 Å². The molecule has 1 aromatic rings. The average molecular weight is 285 g/mol. The summed E-state index contributed by atoms with van der Waals surface area (Å²) >= 11 is 0. The van der Waals surface area contributed by atoms with E-state index >= 15 is 0 Å².